The second-order valence-corrected chi connectivity index (χ2v) is 4.93. The zero-order valence-corrected chi connectivity index (χ0v) is 10.8. The van der Waals surface area contributed by atoms with Crippen molar-refractivity contribution in [3.05, 3.63) is 42.1 Å². The number of fused-ring (bicyclic) bond motifs is 1. The van der Waals surface area contributed by atoms with Crippen LogP contribution in [0.3, 0.4) is 0 Å². The van der Waals surface area contributed by atoms with Gasteiger partial charge < -0.3 is 9.88 Å². The van der Waals surface area contributed by atoms with E-state index in [1.54, 1.807) is 6.20 Å². The SMILES string of the molecule is Cc1cccnc1NC(=O)C1CCn2cncc2C1. The molecule has 1 aliphatic heterocycles. The van der Waals surface area contributed by atoms with E-state index in [0.717, 1.165) is 30.6 Å². The Morgan fingerprint density at radius 2 is 2.42 bits per heavy atom. The van der Waals surface area contributed by atoms with Crippen molar-refractivity contribution in [1.82, 2.24) is 14.5 Å². The third-order valence-corrected chi connectivity index (χ3v) is 3.59. The molecule has 0 spiro atoms. The average molecular weight is 256 g/mol. The number of anilines is 1. The van der Waals surface area contributed by atoms with Gasteiger partial charge in [0.05, 0.1) is 6.33 Å². The third-order valence-electron chi connectivity index (χ3n) is 3.59. The monoisotopic (exact) mass is 256 g/mol. The smallest absolute Gasteiger partial charge is 0.229 e. The van der Waals surface area contributed by atoms with E-state index >= 15 is 0 Å². The van der Waals surface area contributed by atoms with Crippen LogP contribution in [0.1, 0.15) is 17.7 Å². The van der Waals surface area contributed by atoms with Crippen molar-refractivity contribution in [1.29, 1.82) is 0 Å². The van der Waals surface area contributed by atoms with Crippen LogP contribution in [0, 0.1) is 12.8 Å². The zero-order chi connectivity index (χ0) is 13.2. The van der Waals surface area contributed by atoms with Crippen LogP contribution in [-0.2, 0) is 17.8 Å². The van der Waals surface area contributed by atoms with Crippen LogP contribution >= 0.6 is 0 Å². The molecule has 0 aromatic carbocycles. The number of pyridine rings is 1. The van der Waals surface area contributed by atoms with Gasteiger partial charge in [-0.15, -0.1) is 0 Å². The minimum Gasteiger partial charge on any atom is -0.335 e. The molecule has 0 saturated heterocycles. The largest absolute Gasteiger partial charge is 0.335 e. The Balaban J connectivity index is 1.71. The minimum atomic E-state index is 0.00519. The Morgan fingerprint density at radius 3 is 3.26 bits per heavy atom. The fourth-order valence-corrected chi connectivity index (χ4v) is 2.43. The summed E-state index contributed by atoms with van der Waals surface area (Å²) < 4.78 is 2.11. The third kappa shape index (κ3) is 2.36. The second-order valence-electron chi connectivity index (χ2n) is 4.93. The predicted octanol–water partition coefficient (Wildman–Crippen LogP) is 1.79. The Hall–Kier alpha value is -2.17. The van der Waals surface area contributed by atoms with Gasteiger partial charge in [0.2, 0.25) is 5.91 Å². The zero-order valence-electron chi connectivity index (χ0n) is 10.8. The van der Waals surface area contributed by atoms with Gasteiger partial charge in [0, 0.05) is 37.0 Å². The number of aryl methyl sites for hydroxylation is 2. The second kappa shape index (κ2) is 4.84. The summed E-state index contributed by atoms with van der Waals surface area (Å²) >= 11 is 0. The Morgan fingerprint density at radius 1 is 1.53 bits per heavy atom. The minimum absolute atomic E-state index is 0.00519. The molecule has 2 aromatic rings. The number of imidazole rings is 1. The number of carbonyl (C=O) groups excluding carboxylic acids is 1. The highest BCUT2D eigenvalue weighted by Crippen LogP contribution is 2.21. The summed E-state index contributed by atoms with van der Waals surface area (Å²) in [5.74, 6) is 0.714. The predicted molar refractivity (Wildman–Crippen MR) is 71.6 cm³/mol. The van der Waals surface area contributed by atoms with Crippen molar-refractivity contribution in [2.75, 3.05) is 5.32 Å². The van der Waals surface area contributed by atoms with E-state index in [1.807, 2.05) is 31.6 Å². The van der Waals surface area contributed by atoms with Gasteiger partial charge >= 0.3 is 0 Å². The lowest BCUT2D eigenvalue weighted by molar-refractivity contribution is -0.120. The molecular weight excluding hydrogens is 240 g/mol. The van der Waals surface area contributed by atoms with E-state index in [4.69, 9.17) is 0 Å². The summed E-state index contributed by atoms with van der Waals surface area (Å²) in [5, 5.41) is 2.92. The van der Waals surface area contributed by atoms with Crippen molar-refractivity contribution in [3.63, 3.8) is 0 Å². The van der Waals surface area contributed by atoms with Gasteiger partial charge in [0.1, 0.15) is 5.82 Å². The maximum atomic E-state index is 12.3. The molecule has 3 rings (SSSR count). The topological polar surface area (TPSA) is 59.8 Å². The highest BCUT2D eigenvalue weighted by atomic mass is 16.1. The van der Waals surface area contributed by atoms with Crippen LogP contribution in [0.5, 0.6) is 0 Å². The summed E-state index contributed by atoms with van der Waals surface area (Å²) in [5.41, 5.74) is 2.11. The van der Waals surface area contributed by atoms with Crippen LogP contribution in [0.15, 0.2) is 30.9 Å². The Labute approximate surface area is 111 Å². The quantitative estimate of drug-likeness (QED) is 0.891. The number of nitrogens with one attached hydrogen (secondary N) is 1. The first-order chi connectivity index (χ1) is 9.24. The molecule has 0 saturated carbocycles. The number of nitrogens with zero attached hydrogens (tertiary/aromatic N) is 3. The maximum Gasteiger partial charge on any atom is 0.229 e. The molecule has 98 valence electrons. The van der Waals surface area contributed by atoms with Crippen molar-refractivity contribution in [3.8, 4) is 0 Å². The van der Waals surface area contributed by atoms with E-state index in [2.05, 4.69) is 19.9 Å². The summed E-state index contributed by atoms with van der Waals surface area (Å²) in [6.45, 7) is 2.80. The van der Waals surface area contributed by atoms with Crippen LogP contribution in [0.25, 0.3) is 0 Å². The molecule has 3 heterocycles. The molecule has 0 bridgehead atoms. The van der Waals surface area contributed by atoms with E-state index in [1.165, 1.54) is 0 Å². The van der Waals surface area contributed by atoms with Crippen molar-refractivity contribution in [2.45, 2.75) is 26.3 Å². The van der Waals surface area contributed by atoms with E-state index in [0.29, 0.717) is 5.82 Å². The first-order valence-corrected chi connectivity index (χ1v) is 6.45. The Kier molecular flexibility index (Phi) is 3.03. The fraction of sp³-hybridized carbons (Fsp3) is 0.357. The molecule has 5 nitrogen and oxygen atoms in total. The van der Waals surface area contributed by atoms with Gasteiger partial charge in [-0.1, -0.05) is 6.07 Å². The van der Waals surface area contributed by atoms with E-state index < -0.39 is 0 Å². The Bertz CT molecular complexity index is 605. The lowest BCUT2D eigenvalue weighted by Crippen LogP contribution is -2.30. The lowest BCUT2D eigenvalue weighted by atomic mass is 9.95. The molecule has 1 unspecified atom stereocenters. The number of rotatable bonds is 2. The first-order valence-electron chi connectivity index (χ1n) is 6.45. The van der Waals surface area contributed by atoms with Gasteiger partial charge in [-0.05, 0) is 25.0 Å². The van der Waals surface area contributed by atoms with Gasteiger partial charge in [0.15, 0.2) is 0 Å². The van der Waals surface area contributed by atoms with Crippen molar-refractivity contribution < 1.29 is 4.79 Å². The van der Waals surface area contributed by atoms with Crippen LogP contribution in [0.4, 0.5) is 5.82 Å². The number of aromatic nitrogens is 3. The molecule has 1 atom stereocenters. The van der Waals surface area contributed by atoms with E-state index in [-0.39, 0.29) is 11.8 Å². The molecule has 1 amide bonds. The summed E-state index contributed by atoms with van der Waals surface area (Å²) in [7, 11) is 0. The van der Waals surface area contributed by atoms with Gasteiger partial charge in [-0.3, -0.25) is 4.79 Å². The van der Waals surface area contributed by atoms with Crippen molar-refractivity contribution in [2.24, 2.45) is 5.92 Å². The number of carbonyl (C=O) groups is 1. The molecule has 0 aliphatic carbocycles. The molecule has 1 N–H and O–H groups in total. The summed E-state index contributed by atoms with van der Waals surface area (Å²) in [6, 6.07) is 3.81. The molecule has 1 aliphatic rings. The first kappa shape index (κ1) is 11.9. The fourth-order valence-electron chi connectivity index (χ4n) is 2.43. The molecular formula is C14H16N4O. The molecule has 2 aromatic heterocycles. The molecule has 5 heteroatoms. The lowest BCUT2D eigenvalue weighted by Gasteiger charge is -2.23. The summed E-state index contributed by atoms with van der Waals surface area (Å²) in [4.78, 5) is 20.6. The standard InChI is InChI=1S/C14H16N4O/c1-10-3-2-5-16-13(10)17-14(19)11-4-6-18-9-15-8-12(18)7-11/h2-3,5,8-9,11H,4,6-7H2,1H3,(H,16,17,19). The maximum absolute atomic E-state index is 12.3. The van der Waals surface area contributed by atoms with Crippen LogP contribution < -0.4 is 5.32 Å². The highest BCUT2D eigenvalue weighted by molar-refractivity contribution is 5.92. The average Bonchev–Trinajstić information content (AvgIpc) is 2.88. The normalized spacial score (nSPS) is 17.8. The number of amides is 1. The van der Waals surface area contributed by atoms with Crippen molar-refractivity contribution >= 4 is 11.7 Å². The number of hydrogen-bond donors (Lipinski definition) is 1. The van der Waals surface area contributed by atoms with E-state index in [9.17, 15) is 4.79 Å². The summed E-state index contributed by atoms with van der Waals surface area (Å²) in [6.07, 6.45) is 6.95. The van der Waals surface area contributed by atoms with Crippen LogP contribution in [-0.4, -0.2) is 20.4 Å². The number of hydrogen-bond acceptors (Lipinski definition) is 3. The van der Waals surface area contributed by atoms with Gasteiger partial charge in [-0.25, -0.2) is 9.97 Å². The van der Waals surface area contributed by atoms with Gasteiger partial charge in [0.25, 0.3) is 0 Å². The molecule has 0 radical (unpaired) electrons. The van der Waals surface area contributed by atoms with Crippen LogP contribution in [0.2, 0.25) is 0 Å². The highest BCUT2D eigenvalue weighted by Gasteiger charge is 2.25. The molecule has 19 heavy (non-hydrogen) atoms. The van der Waals surface area contributed by atoms with Gasteiger partial charge in [-0.2, -0.15) is 0 Å². The molecule has 0 fully saturated rings.